The summed E-state index contributed by atoms with van der Waals surface area (Å²) in [5.74, 6) is -2.28. The van der Waals surface area contributed by atoms with E-state index >= 15 is 0 Å². The number of aliphatic hydroxyl groups excluding tert-OH is 13. The van der Waals surface area contributed by atoms with Gasteiger partial charge in [0.1, 0.15) is 91.6 Å². The van der Waals surface area contributed by atoms with Crippen LogP contribution in [0, 0.1) is 0 Å². The van der Waals surface area contributed by atoms with Crippen LogP contribution in [-0.2, 0) is 57.1 Å². The Balaban J connectivity index is 1.22. The van der Waals surface area contributed by atoms with Gasteiger partial charge in [-0.05, 0) is 13.3 Å². The van der Waals surface area contributed by atoms with E-state index in [4.69, 9.17) is 37.9 Å². The van der Waals surface area contributed by atoms with Crippen molar-refractivity contribution in [2.75, 3.05) is 79.4 Å². The molecule has 0 bridgehead atoms. The van der Waals surface area contributed by atoms with Crippen LogP contribution >= 0.6 is 0 Å². The largest absolute Gasteiger partial charge is 0.394 e. The SMILES string of the molecule is CNNC(=O)CN(CC(=O)NCCCC(=O)NCCO[C@H]1O[C@H](CO[C@H]2O[C@H](CO)[C@@H](O)[C@H](O)[C@@H]2O)[C@@H](O)[C@H](O[C@H]2O[C@H](CO)[C@@H](O)[C@H](O)[C@@H]2O)[C@@H]1O)CC(=O)NNCCO[C@@H]1O[C@@H](C)[C@@H](O)[C@@H](O)[C@@H]1O. The van der Waals surface area contributed by atoms with Gasteiger partial charge in [0.05, 0.1) is 58.8 Å². The summed E-state index contributed by atoms with van der Waals surface area (Å²) < 4.78 is 44.0. The van der Waals surface area contributed by atoms with Gasteiger partial charge in [0, 0.05) is 33.1 Å². The molecule has 71 heavy (non-hydrogen) atoms. The van der Waals surface area contributed by atoms with Gasteiger partial charge in [-0.25, -0.2) is 10.9 Å². The quantitative estimate of drug-likeness (QED) is 0.0268. The highest BCUT2D eigenvalue weighted by Gasteiger charge is 2.52. The van der Waals surface area contributed by atoms with Gasteiger partial charge in [-0.15, -0.1) is 0 Å². The van der Waals surface area contributed by atoms with E-state index in [1.54, 1.807) is 0 Å². The topological polar surface area (TPSA) is 481 Å². The van der Waals surface area contributed by atoms with Gasteiger partial charge in [-0.1, -0.05) is 0 Å². The van der Waals surface area contributed by atoms with Crippen molar-refractivity contribution in [3.05, 3.63) is 0 Å². The highest BCUT2D eigenvalue weighted by Crippen LogP contribution is 2.31. The highest BCUT2D eigenvalue weighted by atomic mass is 16.8. The minimum Gasteiger partial charge on any atom is -0.394 e. The molecule has 4 amide bonds. The van der Waals surface area contributed by atoms with Gasteiger partial charge >= 0.3 is 0 Å². The third kappa shape index (κ3) is 17.5. The molecule has 4 fully saturated rings. The fraction of sp³-hybridized carbons (Fsp3) is 0.897. The molecule has 4 heterocycles. The normalized spacial score (nSPS) is 37.6. The minimum absolute atomic E-state index is 0.00801. The molecule has 0 aromatic rings. The predicted octanol–water partition coefficient (Wildman–Crippen LogP) is -12.5. The zero-order valence-electron chi connectivity index (χ0n) is 38.9. The number of carbonyl (C=O) groups excluding carboxylic acids is 4. The van der Waals surface area contributed by atoms with Crippen molar-refractivity contribution in [1.29, 1.82) is 0 Å². The van der Waals surface area contributed by atoms with Gasteiger partial charge in [-0.2, -0.15) is 0 Å². The summed E-state index contributed by atoms with van der Waals surface area (Å²) in [7, 11) is 1.44. The van der Waals surface area contributed by atoms with Crippen molar-refractivity contribution in [3.8, 4) is 0 Å². The summed E-state index contributed by atoms with van der Waals surface area (Å²) in [5.41, 5.74) is 9.75. The lowest BCUT2D eigenvalue weighted by Crippen LogP contribution is -2.65. The molecule has 32 nitrogen and oxygen atoms in total. The molecule has 412 valence electrons. The van der Waals surface area contributed by atoms with Crippen molar-refractivity contribution in [2.24, 2.45) is 0 Å². The molecular weight excluding hydrogens is 966 g/mol. The van der Waals surface area contributed by atoms with Crippen molar-refractivity contribution < 1.29 is 123 Å². The second kappa shape index (κ2) is 29.7. The third-order valence-electron chi connectivity index (χ3n) is 11.6. The monoisotopic (exact) mass is 1040 g/mol. The summed E-state index contributed by atoms with van der Waals surface area (Å²) in [6, 6.07) is 0. The van der Waals surface area contributed by atoms with Crippen LogP contribution in [-0.4, -0.2) is 297 Å². The van der Waals surface area contributed by atoms with E-state index < -0.39 is 179 Å². The highest BCUT2D eigenvalue weighted by molar-refractivity contribution is 5.83. The average Bonchev–Trinajstić information content (AvgIpc) is 3.33. The van der Waals surface area contributed by atoms with E-state index in [0.717, 1.165) is 0 Å². The second-order valence-corrected chi connectivity index (χ2v) is 17.0. The van der Waals surface area contributed by atoms with Crippen LogP contribution in [0.15, 0.2) is 0 Å². The van der Waals surface area contributed by atoms with Crippen molar-refractivity contribution in [2.45, 2.75) is 143 Å². The zero-order valence-corrected chi connectivity index (χ0v) is 38.9. The number of nitrogens with one attached hydrogen (secondary N) is 6. The van der Waals surface area contributed by atoms with E-state index in [9.17, 15) is 85.6 Å². The first-order valence-corrected chi connectivity index (χ1v) is 22.8. The zero-order chi connectivity index (χ0) is 52.5. The maximum atomic E-state index is 12.8. The van der Waals surface area contributed by atoms with E-state index in [0.29, 0.717) is 0 Å². The second-order valence-electron chi connectivity index (χ2n) is 17.0. The van der Waals surface area contributed by atoms with Gasteiger partial charge in [0.15, 0.2) is 25.2 Å². The Morgan fingerprint density at radius 3 is 1.61 bits per heavy atom. The van der Waals surface area contributed by atoms with Gasteiger partial charge < -0.3 is 115 Å². The predicted molar refractivity (Wildman–Crippen MR) is 228 cm³/mol. The van der Waals surface area contributed by atoms with Gasteiger partial charge in [0.2, 0.25) is 23.6 Å². The Labute approximate surface area is 405 Å². The number of amides is 4. The summed E-state index contributed by atoms with van der Waals surface area (Å²) in [5, 5.41) is 138. The molecule has 0 aromatic heterocycles. The Morgan fingerprint density at radius 1 is 0.507 bits per heavy atom. The average molecular weight is 1040 g/mol. The van der Waals surface area contributed by atoms with Crippen molar-refractivity contribution in [1.82, 2.24) is 37.2 Å². The molecule has 0 radical (unpaired) electrons. The summed E-state index contributed by atoms with van der Waals surface area (Å²) in [6.07, 6.45) is -32.2. The fourth-order valence-electron chi connectivity index (χ4n) is 7.59. The Morgan fingerprint density at radius 2 is 1.00 bits per heavy atom. The standard InChI is InChI=1S/C39H71N7O25/c1-16-24(53)28(57)31(60)36(67-16)65-9-7-43-45-23(52)12-46(11-22(51)44-40-2)10-21(50)41-5-3-4-20(49)42-6-8-64-38-34(63)35(71-39-33(62)30(59)26(55)18(14-48)69-39)27(56)19(70-38)15-66-37-32(61)29(58)25(54)17(13-47)68-37/h16-19,24-40,43,47-48,53-63H,3-15H2,1-2H3,(H,41,50)(H,42,49)(H,44,51)(H,45,52)/t16-,17+,18+,19+,24+,25+,26+,27+,28+,29-,30-,31-,32-,33-,34-,35-,36+,37-,38-,39+/m0/s1. The van der Waals surface area contributed by atoms with Crippen LogP contribution in [0.5, 0.6) is 0 Å². The first-order valence-electron chi connectivity index (χ1n) is 22.8. The number of hydrogen-bond donors (Lipinski definition) is 19. The lowest BCUT2D eigenvalue weighted by atomic mass is 9.96. The summed E-state index contributed by atoms with van der Waals surface area (Å²) in [6.45, 7) is -2.56. The molecule has 0 unspecified atom stereocenters. The molecule has 4 saturated heterocycles. The molecule has 4 rings (SSSR count). The minimum atomic E-state index is -1.95. The Hall–Kier alpha value is -3.08. The first kappa shape index (κ1) is 60.5. The molecule has 0 spiro atoms. The molecule has 4 aliphatic heterocycles. The third-order valence-corrected chi connectivity index (χ3v) is 11.6. The molecule has 0 aromatic carbocycles. The van der Waals surface area contributed by atoms with Crippen molar-refractivity contribution in [3.63, 3.8) is 0 Å². The molecule has 0 aliphatic carbocycles. The van der Waals surface area contributed by atoms with Crippen LogP contribution in [0.4, 0.5) is 0 Å². The van der Waals surface area contributed by atoms with Crippen LogP contribution < -0.4 is 32.3 Å². The lowest BCUT2D eigenvalue weighted by Gasteiger charge is -2.46. The van der Waals surface area contributed by atoms with Crippen LogP contribution in [0.25, 0.3) is 0 Å². The molecule has 32 heteroatoms. The van der Waals surface area contributed by atoms with Crippen LogP contribution in [0.2, 0.25) is 0 Å². The van der Waals surface area contributed by atoms with Crippen LogP contribution in [0.1, 0.15) is 19.8 Å². The molecule has 20 atom stereocenters. The van der Waals surface area contributed by atoms with E-state index in [-0.39, 0.29) is 52.2 Å². The molecule has 19 N–H and O–H groups in total. The first-order chi connectivity index (χ1) is 33.7. The summed E-state index contributed by atoms with van der Waals surface area (Å²) in [4.78, 5) is 51.5. The van der Waals surface area contributed by atoms with E-state index in [1.807, 2.05) is 0 Å². The Bertz CT molecular complexity index is 1630. The number of rotatable bonds is 27. The molecule has 4 aliphatic rings. The number of nitrogens with zero attached hydrogens (tertiary/aromatic N) is 1. The number of ether oxygens (including phenoxy) is 8. The Kier molecular flexibility index (Phi) is 25.3. The smallest absolute Gasteiger partial charge is 0.248 e. The number of hydrogen-bond acceptors (Lipinski definition) is 28. The lowest BCUT2D eigenvalue weighted by molar-refractivity contribution is -0.366. The number of hydrazine groups is 2. The maximum Gasteiger partial charge on any atom is 0.248 e. The van der Waals surface area contributed by atoms with Crippen molar-refractivity contribution >= 4 is 23.6 Å². The van der Waals surface area contributed by atoms with Gasteiger partial charge in [0.25, 0.3) is 0 Å². The van der Waals surface area contributed by atoms with E-state index in [1.165, 1.54) is 18.9 Å². The van der Waals surface area contributed by atoms with Crippen LogP contribution in [0.3, 0.4) is 0 Å². The molecular formula is C39H71N7O25. The number of aliphatic hydroxyl groups is 13. The number of carbonyl (C=O) groups is 4. The molecule has 0 saturated carbocycles. The summed E-state index contributed by atoms with van der Waals surface area (Å²) >= 11 is 0. The maximum absolute atomic E-state index is 12.8. The van der Waals surface area contributed by atoms with E-state index in [2.05, 4.69) is 32.3 Å². The van der Waals surface area contributed by atoms with Gasteiger partial charge in [-0.3, -0.25) is 34.9 Å². The fourth-order valence-corrected chi connectivity index (χ4v) is 7.59.